The van der Waals surface area contributed by atoms with Crippen molar-refractivity contribution in [2.24, 2.45) is 0 Å². The summed E-state index contributed by atoms with van der Waals surface area (Å²) in [5.74, 6) is 1.72. The summed E-state index contributed by atoms with van der Waals surface area (Å²) in [6.45, 7) is 8.53. The summed E-state index contributed by atoms with van der Waals surface area (Å²) in [6.07, 6.45) is 8.56. The molecule has 0 bridgehead atoms. The topological polar surface area (TPSA) is 111 Å². The lowest BCUT2D eigenvalue weighted by Crippen LogP contribution is -2.26. The van der Waals surface area contributed by atoms with E-state index in [1.807, 2.05) is 94.4 Å². The fourth-order valence-corrected chi connectivity index (χ4v) is 5.54. The van der Waals surface area contributed by atoms with Crippen LogP contribution < -0.4 is 15.4 Å². The summed E-state index contributed by atoms with van der Waals surface area (Å²) in [7, 11) is 2.08. The number of aromatic nitrogens is 3. The highest BCUT2D eigenvalue weighted by molar-refractivity contribution is 6.02. The second-order valence-corrected chi connectivity index (χ2v) is 12.6. The fourth-order valence-electron chi connectivity index (χ4n) is 5.54. The first kappa shape index (κ1) is 30.8. The van der Waals surface area contributed by atoms with Gasteiger partial charge in [-0.15, -0.1) is 0 Å². The third-order valence-electron chi connectivity index (χ3n) is 7.87. The highest BCUT2D eigenvalue weighted by Crippen LogP contribution is 2.32. The highest BCUT2D eigenvalue weighted by atomic mass is 16.6. The van der Waals surface area contributed by atoms with Gasteiger partial charge < -0.3 is 20.1 Å². The number of aryl methyl sites for hydroxylation is 1. The Morgan fingerprint density at radius 3 is 2.59 bits per heavy atom. The predicted octanol–water partition coefficient (Wildman–Crippen LogP) is 7.80. The number of carbonyl (C=O) groups is 2. The van der Waals surface area contributed by atoms with E-state index < -0.39 is 11.7 Å². The van der Waals surface area contributed by atoms with Gasteiger partial charge in [-0.1, -0.05) is 6.08 Å². The number of rotatable bonds is 7. The number of amides is 1. The van der Waals surface area contributed by atoms with E-state index in [1.54, 1.807) is 12.3 Å². The van der Waals surface area contributed by atoms with Crippen molar-refractivity contribution in [2.75, 3.05) is 24.2 Å². The Morgan fingerprint density at radius 2 is 1.83 bits per heavy atom. The molecule has 0 spiro atoms. The van der Waals surface area contributed by atoms with Crippen LogP contribution >= 0.6 is 0 Å². The van der Waals surface area contributed by atoms with Gasteiger partial charge in [0.15, 0.2) is 0 Å². The Hall–Kier alpha value is -5.22. The quantitative estimate of drug-likeness (QED) is 0.178. The molecule has 0 radical (unpaired) electrons. The number of anilines is 3. The molecule has 1 unspecified atom stereocenters. The van der Waals surface area contributed by atoms with Gasteiger partial charge >= 0.3 is 6.09 Å². The van der Waals surface area contributed by atoms with Crippen LogP contribution in [0.1, 0.15) is 39.2 Å². The smallest absolute Gasteiger partial charge is 0.418 e. The molecule has 236 valence electrons. The van der Waals surface area contributed by atoms with E-state index in [-0.39, 0.29) is 5.91 Å². The Balaban J connectivity index is 1.17. The lowest BCUT2D eigenvalue weighted by atomic mass is 10.1. The maximum Gasteiger partial charge on any atom is 0.418 e. The Bertz CT molecular complexity index is 1960. The molecule has 1 aliphatic heterocycles. The molecule has 1 aliphatic rings. The number of nitrogens with one attached hydrogen (secondary N) is 2. The lowest BCUT2D eigenvalue weighted by molar-refractivity contribution is -0.111. The molecule has 0 saturated carbocycles. The van der Waals surface area contributed by atoms with E-state index in [0.29, 0.717) is 34.6 Å². The number of carbonyl (C=O) groups excluding carboxylic acids is 2. The molecular weight excluding hydrogens is 580 g/mol. The molecule has 46 heavy (non-hydrogen) atoms. The number of likely N-dealkylation sites (tertiary alicyclic amines) is 1. The van der Waals surface area contributed by atoms with Crippen molar-refractivity contribution in [3.63, 3.8) is 0 Å². The zero-order valence-corrected chi connectivity index (χ0v) is 26.7. The van der Waals surface area contributed by atoms with Crippen LogP contribution in [0.2, 0.25) is 0 Å². The minimum atomic E-state index is -0.603. The predicted molar refractivity (Wildman–Crippen MR) is 181 cm³/mol. The van der Waals surface area contributed by atoms with E-state index >= 15 is 0 Å². The van der Waals surface area contributed by atoms with Crippen LogP contribution in [0.3, 0.4) is 0 Å². The van der Waals surface area contributed by atoms with Gasteiger partial charge in [0.25, 0.3) is 0 Å². The van der Waals surface area contributed by atoms with Crippen molar-refractivity contribution in [2.45, 2.75) is 52.2 Å². The Morgan fingerprint density at radius 1 is 1.00 bits per heavy atom. The van der Waals surface area contributed by atoms with E-state index in [2.05, 4.69) is 32.5 Å². The van der Waals surface area contributed by atoms with Crippen LogP contribution in [0.5, 0.6) is 11.5 Å². The van der Waals surface area contributed by atoms with Crippen molar-refractivity contribution in [1.82, 2.24) is 19.4 Å². The molecule has 10 nitrogen and oxygen atoms in total. The zero-order chi connectivity index (χ0) is 32.4. The maximum absolute atomic E-state index is 12.7. The SMILES string of the molecule is Cc1cc(Nc2ncnc3ccc(NC(=O)C=CC4CCCN4C)cc23)ccc1Oc1ccc2ccn(C(=O)OC(C)(C)C)c2c1. The first-order valence-corrected chi connectivity index (χ1v) is 15.4. The van der Waals surface area contributed by atoms with Crippen molar-refractivity contribution in [3.05, 3.63) is 90.9 Å². The second kappa shape index (κ2) is 12.6. The number of benzene rings is 3. The molecule has 2 N–H and O–H groups in total. The van der Waals surface area contributed by atoms with Crippen LogP contribution in [0.4, 0.5) is 22.0 Å². The summed E-state index contributed by atoms with van der Waals surface area (Å²) >= 11 is 0. The maximum atomic E-state index is 12.7. The third kappa shape index (κ3) is 7.02. The zero-order valence-electron chi connectivity index (χ0n) is 26.7. The van der Waals surface area contributed by atoms with Gasteiger partial charge in [-0.05, 0) is 114 Å². The monoisotopic (exact) mass is 618 g/mol. The summed E-state index contributed by atoms with van der Waals surface area (Å²) in [5, 5.41) is 8.04. The number of hydrogen-bond acceptors (Lipinski definition) is 8. The molecule has 0 aliphatic carbocycles. The minimum Gasteiger partial charge on any atom is -0.457 e. The number of ether oxygens (including phenoxy) is 2. The van der Waals surface area contributed by atoms with Gasteiger partial charge in [-0.3, -0.25) is 14.3 Å². The number of likely N-dealkylation sites (N-methyl/N-ethyl adjacent to an activating group) is 1. The first-order chi connectivity index (χ1) is 22.0. The third-order valence-corrected chi connectivity index (χ3v) is 7.87. The molecule has 3 aromatic carbocycles. The molecule has 6 rings (SSSR count). The largest absolute Gasteiger partial charge is 0.457 e. The van der Waals surface area contributed by atoms with Crippen molar-refractivity contribution >= 4 is 51.0 Å². The van der Waals surface area contributed by atoms with Crippen LogP contribution in [0.15, 0.2) is 85.3 Å². The number of fused-ring (bicyclic) bond motifs is 2. The molecular formula is C36H38N6O4. The average molecular weight is 619 g/mol. The minimum absolute atomic E-state index is 0.172. The first-order valence-electron chi connectivity index (χ1n) is 15.4. The molecule has 1 atom stereocenters. The van der Waals surface area contributed by atoms with Gasteiger partial charge in [-0.25, -0.2) is 14.8 Å². The summed E-state index contributed by atoms with van der Waals surface area (Å²) in [5.41, 5.74) is 3.23. The van der Waals surface area contributed by atoms with Gasteiger partial charge in [0.05, 0.1) is 11.0 Å². The standard InChI is InChI=1S/C36H38N6O4/c1-23-19-25(10-14-32(23)45-28-12-8-24-16-18-42(31(24)21-28)35(44)46-36(2,3)4)40-34-29-20-26(9-13-30(29)37-22-38-34)39-33(43)15-11-27-7-6-17-41(27)5/h8-16,18-22,27H,6-7,17H2,1-5H3,(H,39,43)(H,37,38,40). The van der Waals surface area contributed by atoms with Crippen LogP contribution in [-0.2, 0) is 9.53 Å². The van der Waals surface area contributed by atoms with Crippen LogP contribution in [0.25, 0.3) is 21.8 Å². The Kier molecular flexibility index (Phi) is 8.46. The fraction of sp³-hybridized carbons (Fsp3) is 0.278. The normalized spacial score (nSPS) is 15.5. The number of hydrogen-bond donors (Lipinski definition) is 2. The molecule has 2 aromatic heterocycles. The number of nitrogens with zero attached hydrogens (tertiary/aromatic N) is 4. The van der Waals surface area contributed by atoms with Crippen LogP contribution in [0, 0.1) is 6.92 Å². The van der Waals surface area contributed by atoms with Crippen molar-refractivity contribution in [1.29, 1.82) is 0 Å². The van der Waals surface area contributed by atoms with E-state index in [0.717, 1.165) is 46.9 Å². The molecule has 10 heteroatoms. The lowest BCUT2D eigenvalue weighted by Gasteiger charge is -2.19. The molecule has 1 amide bonds. The summed E-state index contributed by atoms with van der Waals surface area (Å²) < 4.78 is 13.3. The summed E-state index contributed by atoms with van der Waals surface area (Å²) in [6, 6.07) is 19.1. The van der Waals surface area contributed by atoms with Gasteiger partial charge in [0.2, 0.25) is 5.91 Å². The van der Waals surface area contributed by atoms with Crippen LogP contribution in [-0.4, -0.2) is 56.7 Å². The second-order valence-electron chi connectivity index (χ2n) is 12.6. The van der Waals surface area contributed by atoms with E-state index in [4.69, 9.17) is 9.47 Å². The summed E-state index contributed by atoms with van der Waals surface area (Å²) in [4.78, 5) is 36.5. The Labute approximate surface area is 268 Å². The molecule has 1 saturated heterocycles. The molecule has 5 aromatic rings. The molecule has 1 fully saturated rings. The van der Waals surface area contributed by atoms with Crippen molar-refractivity contribution in [3.8, 4) is 11.5 Å². The average Bonchev–Trinajstić information content (AvgIpc) is 3.62. The van der Waals surface area contributed by atoms with Gasteiger partial charge in [0.1, 0.15) is 29.2 Å². The van der Waals surface area contributed by atoms with E-state index in [9.17, 15) is 9.59 Å². The van der Waals surface area contributed by atoms with Gasteiger partial charge in [0, 0.05) is 46.5 Å². The van der Waals surface area contributed by atoms with Crippen molar-refractivity contribution < 1.29 is 19.1 Å². The van der Waals surface area contributed by atoms with Gasteiger partial charge in [-0.2, -0.15) is 0 Å². The molecule has 3 heterocycles. The highest BCUT2D eigenvalue weighted by Gasteiger charge is 2.20. The van der Waals surface area contributed by atoms with E-state index in [1.165, 1.54) is 10.9 Å².